The standard InChI is InChI=1S/C19H11ClFN3O/c20-13-10-12(6-7-14(13)21)22-19(25)11-5-8-17-18(9-11)24-16-4-2-1-3-15(16)23-17/h1-10H,(H,22,25). The van der Waals surface area contributed by atoms with Gasteiger partial charge in [-0.2, -0.15) is 0 Å². The summed E-state index contributed by atoms with van der Waals surface area (Å²) in [6.07, 6.45) is 0. The lowest BCUT2D eigenvalue weighted by Crippen LogP contribution is -2.12. The maximum absolute atomic E-state index is 13.2. The zero-order valence-corrected chi connectivity index (χ0v) is 13.6. The molecule has 0 saturated heterocycles. The van der Waals surface area contributed by atoms with Gasteiger partial charge >= 0.3 is 0 Å². The molecule has 1 amide bonds. The molecule has 0 radical (unpaired) electrons. The van der Waals surface area contributed by atoms with Crippen LogP contribution >= 0.6 is 11.6 Å². The lowest BCUT2D eigenvalue weighted by Gasteiger charge is -2.07. The summed E-state index contributed by atoms with van der Waals surface area (Å²) in [5.74, 6) is -0.868. The number of para-hydroxylation sites is 2. The Labute approximate surface area is 147 Å². The molecule has 0 aliphatic carbocycles. The molecule has 0 atom stereocenters. The van der Waals surface area contributed by atoms with E-state index in [1.165, 1.54) is 18.2 Å². The van der Waals surface area contributed by atoms with Crippen LogP contribution in [0.3, 0.4) is 0 Å². The highest BCUT2D eigenvalue weighted by molar-refractivity contribution is 6.31. The number of nitrogens with zero attached hydrogens (tertiary/aromatic N) is 2. The number of benzene rings is 3. The molecule has 1 heterocycles. The number of rotatable bonds is 2. The largest absolute Gasteiger partial charge is 0.322 e. The molecule has 0 saturated carbocycles. The van der Waals surface area contributed by atoms with E-state index in [0.29, 0.717) is 22.3 Å². The lowest BCUT2D eigenvalue weighted by atomic mass is 10.1. The smallest absolute Gasteiger partial charge is 0.255 e. The van der Waals surface area contributed by atoms with Crippen molar-refractivity contribution < 1.29 is 9.18 Å². The molecule has 4 aromatic rings. The van der Waals surface area contributed by atoms with E-state index in [0.717, 1.165) is 11.0 Å². The maximum atomic E-state index is 13.2. The number of carbonyl (C=O) groups is 1. The molecule has 1 N–H and O–H groups in total. The summed E-state index contributed by atoms with van der Waals surface area (Å²) in [5, 5.41) is 2.64. The van der Waals surface area contributed by atoms with Gasteiger partial charge in [-0.1, -0.05) is 23.7 Å². The average Bonchev–Trinajstić information content (AvgIpc) is 2.62. The molecule has 6 heteroatoms. The molecule has 0 unspecified atom stereocenters. The number of carbonyl (C=O) groups excluding carboxylic acids is 1. The lowest BCUT2D eigenvalue weighted by molar-refractivity contribution is 0.102. The molecule has 0 fully saturated rings. The van der Waals surface area contributed by atoms with Gasteiger partial charge in [-0.05, 0) is 48.5 Å². The third-order valence-electron chi connectivity index (χ3n) is 3.78. The molecule has 4 nitrogen and oxygen atoms in total. The molecule has 122 valence electrons. The van der Waals surface area contributed by atoms with E-state index < -0.39 is 5.82 Å². The Bertz CT molecular complexity index is 1130. The zero-order valence-electron chi connectivity index (χ0n) is 12.8. The Balaban J connectivity index is 1.69. The van der Waals surface area contributed by atoms with E-state index in [1.54, 1.807) is 18.2 Å². The molecular formula is C19H11ClFN3O. The second-order valence-electron chi connectivity index (χ2n) is 5.50. The van der Waals surface area contributed by atoms with Crippen molar-refractivity contribution in [2.24, 2.45) is 0 Å². The van der Waals surface area contributed by atoms with Crippen molar-refractivity contribution >= 4 is 45.3 Å². The molecule has 25 heavy (non-hydrogen) atoms. The number of fused-ring (bicyclic) bond motifs is 2. The molecule has 4 rings (SSSR count). The van der Waals surface area contributed by atoms with E-state index in [4.69, 9.17) is 11.6 Å². The van der Waals surface area contributed by atoms with E-state index in [1.807, 2.05) is 24.3 Å². The van der Waals surface area contributed by atoms with E-state index in [-0.39, 0.29) is 10.9 Å². The first-order valence-electron chi connectivity index (χ1n) is 7.53. The van der Waals surface area contributed by atoms with Gasteiger partial charge in [0.05, 0.1) is 27.1 Å². The Morgan fingerprint density at radius 1 is 0.880 bits per heavy atom. The van der Waals surface area contributed by atoms with Gasteiger partial charge in [-0.3, -0.25) is 4.79 Å². The highest BCUT2D eigenvalue weighted by Crippen LogP contribution is 2.21. The summed E-state index contributed by atoms with van der Waals surface area (Å²) in [4.78, 5) is 21.5. The highest BCUT2D eigenvalue weighted by Gasteiger charge is 2.10. The SMILES string of the molecule is O=C(Nc1ccc(F)c(Cl)c1)c1ccc2nc3ccccc3nc2c1. The monoisotopic (exact) mass is 351 g/mol. The van der Waals surface area contributed by atoms with Gasteiger partial charge in [-0.15, -0.1) is 0 Å². The fourth-order valence-corrected chi connectivity index (χ4v) is 2.72. The minimum Gasteiger partial charge on any atom is -0.322 e. The number of hydrogen-bond donors (Lipinski definition) is 1. The van der Waals surface area contributed by atoms with Crippen molar-refractivity contribution in [3.63, 3.8) is 0 Å². The quantitative estimate of drug-likeness (QED) is 0.526. The molecular weight excluding hydrogens is 341 g/mol. The molecule has 0 spiro atoms. The van der Waals surface area contributed by atoms with Crippen LogP contribution in [0.2, 0.25) is 5.02 Å². The van der Waals surface area contributed by atoms with Crippen LogP contribution in [0.15, 0.2) is 60.7 Å². The molecule has 0 bridgehead atoms. The van der Waals surface area contributed by atoms with E-state index >= 15 is 0 Å². The number of halogens is 2. The fraction of sp³-hybridized carbons (Fsp3) is 0. The van der Waals surface area contributed by atoms with Crippen LogP contribution in [-0.2, 0) is 0 Å². The predicted molar refractivity (Wildman–Crippen MR) is 96.4 cm³/mol. The number of hydrogen-bond acceptors (Lipinski definition) is 3. The Morgan fingerprint density at radius 2 is 1.56 bits per heavy atom. The summed E-state index contributed by atoms with van der Waals surface area (Å²) in [6.45, 7) is 0. The molecule has 1 aromatic heterocycles. The number of nitrogens with one attached hydrogen (secondary N) is 1. The minimum absolute atomic E-state index is 0.0475. The number of aromatic nitrogens is 2. The van der Waals surface area contributed by atoms with Gasteiger partial charge < -0.3 is 5.32 Å². The third-order valence-corrected chi connectivity index (χ3v) is 4.07. The molecule has 3 aromatic carbocycles. The minimum atomic E-state index is -0.535. The van der Waals surface area contributed by atoms with Gasteiger partial charge in [0.15, 0.2) is 0 Å². The normalized spacial score (nSPS) is 11.0. The van der Waals surface area contributed by atoms with Crippen molar-refractivity contribution in [3.05, 3.63) is 77.1 Å². The van der Waals surface area contributed by atoms with Crippen molar-refractivity contribution in [3.8, 4) is 0 Å². The number of amides is 1. The van der Waals surface area contributed by atoms with Crippen LogP contribution in [-0.4, -0.2) is 15.9 Å². The van der Waals surface area contributed by atoms with Gasteiger partial charge in [0.25, 0.3) is 5.91 Å². The molecule has 0 aliphatic rings. The second kappa shape index (κ2) is 6.11. The first-order chi connectivity index (χ1) is 12.1. The maximum Gasteiger partial charge on any atom is 0.255 e. The van der Waals surface area contributed by atoms with Gasteiger partial charge in [-0.25, -0.2) is 14.4 Å². The van der Waals surface area contributed by atoms with Crippen LogP contribution in [0.25, 0.3) is 22.1 Å². The summed E-state index contributed by atoms with van der Waals surface area (Å²) in [6, 6.07) is 16.7. The zero-order chi connectivity index (χ0) is 17.4. The summed E-state index contributed by atoms with van der Waals surface area (Å²) >= 11 is 5.73. The summed E-state index contributed by atoms with van der Waals surface area (Å²) in [5.41, 5.74) is 3.74. The first kappa shape index (κ1) is 15.5. The Kier molecular flexibility index (Phi) is 3.78. The van der Waals surface area contributed by atoms with Gasteiger partial charge in [0.1, 0.15) is 5.82 Å². The van der Waals surface area contributed by atoms with Gasteiger partial charge in [0.2, 0.25) is 0 Å². The molecule has 0 aliphatic heterocycles. The van der Waals surface area contributed by atoms with Crippen molar-refractivity contribution in [2.75, 3.05) is 5.32 Å². The van der Waals surface area contributed by atoms with E-state index in [2.05, 4.69) is 15.3 Å². The van der Waals surface area contributed by atoms with Crippen molar-refractivity contribution in [2.45, 2.75) is 0 Å². The van der Waals surface area contributed by atoms with Crippen LogP contribution in [0, 0.1) is 5.82 Å². The highest BCUT2D eigenvalue weighted by atomic mass is 35.5. The predicted octanol–water partition coefficient (Wildman–Crippen LogP) is 4.83. The Morgan fingerprint density at radius 3 is 2.28 bits per heavy atom. The first-order valence-corrected chi connectivity index (χ1v) is 7.91. The van der Waals surface area contributed by atoms with Crippen LogP contribution in [0.4, 0.5) is 10.1 Å². The topological polar surface area (TPSA) is 54.9 Å². The Hall–Kier alpha value is -3.05. The summed E-state index contributed by atoms with van der Waals surface area (Å²) < 4.78 is 13.2. The fourth-order valence-electron chi connectivity index (χ4n) is 2.54. The number of anilines is 1. The van der Waals surface area contributed by atoms with Crippen LogP contribution < -0.4 is 5.32 Å². The van der Waals surface area contributed by atoms with E-state index in [9.17, 15) is 9.18 Å². The van der Waals surface area contributed by atoms with Crippen LogP contribution in [0.5, 0.6) is 0 Å². The van der Waals surface area contributed by atoms with Crippen molar-refractivity contribution in [1.29, 1.82) is 0 Å². The second-order valence-corrected chi connectivity index (χ2v) is 5.91. The van der Waals surface area contributed by atoms with Crippen LogP contribution in [0.1, 0.15) is 10.4 Å². The van der Waals surface area contributed by atoms with Crippen molar-refractivity contribution in [1.82, 2.24) is 9.97 Å². The van der Waals surface area contributed by atoms with Gasteiger partial charge in [0, 0.05) is 11.3 Å². The third kappa shape index (κ3) is 3.02. The average molecular weight is 352 g/mol. The summed E-state index contributed by atoms with van der Waals surface area (Å²) in [7, 11) is 0.